The van der Waals surface area contributed by atoms with Gasteiger partial charge in [-0.25, -0.2) is 9.97 Å². The highest BCUT2D eigenvalue weighted by Crippen LogP contribution is 2.26. The maximum Gasteiger partial charge on any atom is 0.272 e. The topological polar surface area (TPSA) is 60.2 Å². The summed E-state index contributed by atoms with van der Waals surface area (Å²) in [5.41, 5.74) is 2.45. The van der Waals surface area contributed by atoms with Gasteiger partial charge in [-0.05, 0) is 25.5 Å². The number of carbonyl (C=O) groups is 1. The summed E-state index contributed by atoms with van der Waals surface area (Å²) in [7, 11) is 1.67. The Balaban J connectivity index is 1.54. The third-order valence-corrected chi connectivity index (χ3v) is 4.97. The highest BCUT2D eigenvalue weighted by molar-refractivity contribution is 5.95. The summed E-state index contributed by atoms with van der Waals surface area (Å²) in [4.78, 5) is 23.8. The van der Waals surface area contributed by atoms with Crippen LogP contribution < -0.4 is 0 Å². The third-order valence-electron chi connectivity index (χ3n) is 4.97. The van der Waals surface area contributed by atoms with Crippen molar-refractivity contribution >= 4 is 16.8 Å². The Morgan fingerprint density at radius 1 is 1.27 bits per heavy atom. The molecule has 0 N–H and O–H groups in total. The molecule has 1 aromatic carbocycles. The predicted octanol–water partition coefficient (Wildman–Crippen LogP) is 2.97. The monoisotopic (exact) mass is 350 g/mol. The minimum atomic E-state index is -0.00990. The minimum Gasteiger partial charge on any atom is -0.377 e. The molecule has 4 rings (SSSR count). The van der Waals surface area contributed by atoms with Crippen molar-refractivity contribution in [3.63, 3.8) is 0 Å². The molecule has 1 aliphatic heterocycles. The van der Waals surface area contributed by atoms with Gasteiger partial charge in [0.25, 0.3) is 5.91 Å². The second-order valence-corrected chi connectivity index (χ2v) is 6.70. The molecule has 2 aromatic heterocycles. The number of methoxy groups -OCH3 is 1. The number of likely N-dealkylation sites (tertiary alicyclic amines) is 1. The molecule has 0 aliphatic carbocycles. The quantitative estimate of drug-likeness (QED) is 0.726. The number of amides is 1. The molecule has 0 spiro atoms. The Morgan fingerprint density at radius 3 is 2.96 bits per heavy atom. The molecule has 1 amide bonds. The molecule has 0 bridgehead atoms. The number of imidazole rings is 1. The van der Waals surface area contributed by atoms with Crippen LogP contribution in [-0.4, -0.2) is 45.5 Å². The zero-order chi connectivity index (χ0) is 18.1. The van der Waals surface area contributed by atoms with Crippen molar-refractivity contribution in [1.29, 1.82) is 0 Å². The summed E-state index contributed by atoms with van der Waals surface area (Å²) in [5.74, 6) is 0.900. The predicted molar refractivity (Wildman–Crippen MR) is 99.0 cm³/mol. The molecule has 1 fully saturated rings. The first-order chi connectivity index (χ1) is 12.7. The van der Waals surface area contributed by atoms with Crippen LogP contribution in [0.15, 0.2) is 42.6 Å². The molecule has 134 valence electrons. The van der Waals surface area contributed by atoms with Crippen molar-refractivity contribution in [2.24, 2.45) is 0 Å². The van der Waals surface area contributed by atoms with Gasteiger partial charge >= 0.3 is 0 Å². The van der Waals surface area contributed by atoms with E-state index in [0.717, 1.165) is 35.4 Å². The molecular formula is C20H22N4O2. The zero-order valence-electron chi connectivity index (χ0n) is 15.1. The van der Waals surface area contributed by atoms with Crippen molar-refractivity contribution in [2.75, 3.05) is 20.2 Å². The first kappa shape index (κ1) is 16.7. The van der Waals surface area contributed by atoms with Crippen LogP contribution >= 0.6 is 0 Å². The molecule has 0 radical (unpaired) electrons. The number of ether oxygens (including phenoxy) is 1. The molecule has 1 saturated heterocycles. The van der Waals surface area contributed by atoms with E-state index in [1.807, 2.05) is 54.4 Å². The van der Waals surface area contributed by atoms with Crippen molar-refractivity contribution in [3.05, 3.63) is 59.8 Å². The highest BCUT2D eigenvalue weighted by atomic mass is 16.5. The van der Waals surface area contributed by atoms with E-state index in [9.17, 15) is 4.79 Å². The molecule has 1 atom stereocenters. The number of rotatable bonds is 4. The van der Waals surface area contributed by atoms with Gasteiger partial charge in [-0.1, -0.05) is 24.3 Å². The van der Waals surface area contributed by atoms with Gasteiger partial charge in [-0.3, -0.25) is 4.79 Å². The maximum absolute atomic E-state index is 12.9. The van der Waals surface area contributed by atoms with Crippen LogP contribution in [0.4, 0.5) is 0 Å². The maximum atomic E-state index is 12.9. The number of carbonyl (C=O) groups excluding carboxylic acids is 1. The first-order valence-corrected chi connectivity index (χ1v) is 8.84. The lowest BCUT2D eigenvalue weighted by Gasteiger charge is -2.19. The van der Waals surface area contributed by atoms with Gasteiger partial charge in [0, 0.05) is 37.5 Å². The van der Waals surface area contributed by atoms with E-state index in [1.54, 1.807) is 7.11 Å². The van der Waals surface area contributed by atoms with Crippen LogP contribution in [0.1, 0.15) is 34.5 Å². The van der Waals surface area contributed by atoms with Crippen molar-refractivity contribution < 1.29 is 9.53 Å². The fourth-order valence-electron chi connectivity index (χ4n) is 3.71. The van der Waals surface area contributed by atoms with Gasteiger partial charge in [0.2, 0.25) is 0 Å². The summed E-state index contributed by atoms with van der Waals surface area (Å²) in [6, 6.07) is 11.9. The molecule has 3 heterocycles. The highest BCUT2D eigenvalue weighted by Gasteiger charge is 2.30. The fraction of sp³-hybridized carbons (Fsp3) is 0.350. The minimum absolute atomic E-state index is 0.00990. The Morgan fingerprint density at radius 2 is 2.12 bits per heavy atom. The second-order valence-electron chi connectivity index (χ2n) is 6.70. The van der Waals surface area contributed by atoms with Gasteiger partial charge in [-0.15, -0.1) is 0 Å². The first-order valence-electron chi connectivity index (χ1n) is 8.84. The lowest BCUT2D eigenvalue weighted by Crippen LogP contribution is -2.30. The molecule has 1 aliphatic rings. The Hall–Kier alpha value is -2.73. The third kappa shape index (κ3) is 2.97. The molecule has 6 heteroatoms. The Kier molecular flexibility index (Phi) is 4.42. The second kappa shape index (κ2) is 6.88. The van der Waals surface area contributed by atoms with Crippen LogP contribution in [0.5, 0.6) is 0 Å². The number of aromatic nitrogens is 3. The number of nitrogens with zero attached hydrogens (tertiary/aromatic N) is 4. The summed E-state index contributed by atoms with van der Waals surface area (Å²) in [5, 5.41) is 1.04. The van der Waals surface area contributed by atoms with E-state index in [4.69, 9.17) is 4.74 Å². The number of pyridine rings is 1. The zero-order valence-corrected chi connectivity index (χ0v) is 15.1. The molecular weight excluding hydrogens is 328 g/mol. The summed E-state index contributed by atoms with van der Waals surface area (Å²) in [6.45, 7) is 3.91. The van der Waals surface area contributed by atoms with Crippen LogP contribution in [0.25, 0.3) is 10.9 Å². The van der Waals surface area contributed by atoms with Crippen molar-refractivity contribution in [1.82, 2.24) is 19.4 Å². The number of aryl methyl sites for hydroxylation is 1. The van der Waals surface area contributed by atoms with Gasteiger partial charge < -0.3 is 14.2 Å². The Labute approximate surface area is 152 Å². The van der Waals surface area contributed by atoms with Crippen LogP contribution in [-0.2, 0) is 11.3 Å². The Bertz CT molecular complexity index is 950. The van der Waals surface area contributed by atoms with Crippen molar-refractivity contribution in [3.8, 4) is 0 Å². The van der Waals surface area contributed by atoms with Crippen molar-refractivity contribution in [2.45, 2.75) is 26.0 Å². The largest absolute Gasteiger partial charge is 0.377 e. The van der Waals surface area contributed by atoms with Crippen LogP contribution in [0, 0.1) is 6.92 Å². The average Bonchev–Trinajstić information content (AvgIpc) is 3.28. The smallest absolute Gasteiger partial charge is 0.272 e. The molecule has 6 nitrogen and oxygen atoms in total. The summed E-state index contributed by atoms with van der Waals surface area (Å²) < 4.78 is 7.45. The van der Waals surface area contributed by atoms with E-state index >= 15 is 0 Å². The van der Waals surface area contributed by atoms with Crippen LogP contribution in [0.2, 0.25) is 0 Å². The molecule has 1 unspecified atom stereocenters. The van der Waals surface area contributed by atoms with Gasteiger partial charge in [-0.2, -0.15) is 0 Å². The number of fused-ring (bicyclic) bond motifs is 1. The number of benzene rings is 1. The summed E-state index contributed by atoms with van der Waals surface area (Å²) in [6.07, 6.45) is 2.77. The van der Waals surface area contributed by atoms with E-state index in [2.05, 4.69) is 14.5 Å². The molecule has 0 saturated carbocycles. The normalized spacial score (nSPS) is 17.2. The molecule has 3 aromatic rings. The number of para-hydroxylation sites is 1. The van der Waals surface area contributed by atoms with E-state index in [-0.39, 0.29) is 11.9 Å². The van der Waals surface area contributed by atoms with Gasteiger partial charge in [0.1, 0.15) is 18.1 Å². The van der Waals surface area contributed by atoms with Gasteiger partial charge in [0.15, 0.2) is 0 Å². The van der Waals surface area contributed by atoms with E-state index < -0.39 is 0 Å². The van der Waals surface area contributed by atoms with E-state index in [1.165, 1.54) is 0 Å². The van der Waals surface area contributed by atoms with Crippen LogP contribution in [0.3, 0.4) is 0 Å². The lowest BCUT2D eigenvalue weighted by molar-refractivity contribution is 0.0781. The standard InChI is InChI=1S/C20H22N4O2/c1-14-11-21-19(13-26-2)24(14)16-9-10-23(12-16)20(25)18-8-7-15-5-3-4-6-17(15)22-18/h3-8,11,16H,9-10,12-13H2,1-2H3. The lowest BCUT2D eigenvalue weighted by atomic mass is 10.2. The summed E-state index contributed by atoms with van der Waals surface area (Å²) >= 11 is 0. The number of hydrogen-bond acceptors (Lipinski definition) is 4. The fourth-order valence-corrected chi connectivity index (χ4v) is 3.71. The number of hydrogen-bond donors (Lipinski definition) is 0. The SMILES string of the molecule is COCc1ncc(C)n1C1CCN(C(=O)c2ccc3ccccc3n2)C1. The average molecular weight is 350 g/mol. The van der Waals surface area contributed by atoms with E-state index in [0.29, 0.717) is 18.8 Å². The molecule has 26 heavy (non-hydrogen) atoms. The van der Waals surface area contributed by atoms with Gasteiger partial charge in [0.05, 0.1) is 11.6 Å².